The Morgan fingerprint density at radius 3 is 2.51 bits per heavy atom. The number of nitrogens with zero attached hydrogens (tertiary/aromatic N) is 3. The summed E-state index contributed by atoms with van der Waals surface area (Å²) in [6.07, 6.45) is 3.84. The van der Waals surface area contributed by atoms with Gasteiger partial charge in [-0.2, -0.15) is 5.26 Å². The number of likely N-dealkylation sites (tertiary alicyclic amines) is 1. The maximum Gasteiger partial charge on any atom is 0.258 e. The molecule has 0 spiro atoms. The number of furan rings is 1. The van der Waals surface area contributed by atoms with Crippen LogP contribution >= 0.6 is 0 Å². The van der Waals surface area contributed by atoms with E-state index in [-0.39, 0.29) is 35.6 Å². The van der Waals surface area contributed by atoms with Crippen molar-refractivity contribution in [2.45, 2.75) is 44.4 Å². The first-order valence-corrected chi connectivity index (χ1v) is 13.8. The van der Waals surface area contributed by atoms with E-state index in [4.69, 9.17) is 4.42 Å². The minimum Gasteiger partial charge on any atom is -0.472 e. The highest BCUT2D eigenvalue weighted by Gasteiger charge is 2.73. The zero-order valence-corrected chi connectivity index (χ0v) is 22.6. The number of nitrogens with one attached hydrogen (secondary N) is 1. The van der Waals surface area contributed by atoms with Gasteiger partial charge >= 0.3 is 0 Å². The molecule has 3 aromatic rings. The van der Waals surface area contributed by atoms with Gasteiger partial charge in [-0.1, -0.05) is 56.3 Å². The molecule has 0 unspecified atom stereocenters. The molecule has 2 aromatic carbocycles. The lowest BCUT2D eigenvalue weighted by Gasteiger charge is -2.65. The largest absolute Gasteiger partial charge is 0.472 e. The summed E-state index contributed by atoms with van der Waals surface area (Å²) in [5.41, 5.74) is 2.31. The highest BCUT2D eigenvalue weighted by atomic mass is 16.3. The molecule has 0 radical (unpaired) electrons. The predicted octanol–water partition coefficient (Wildman–Crippen LogP) is 4.41. The van der Waals surface area contributed by atoms with E-state index < -0.39 is 11.6 Å². The first-order valence-electron chi connectivity index (χ1n) is 13.8. The first kappa shape index (κ1) is 25.4. The molecule has 4 bridgehead atoms. The molecule has 1 aromatic heterocycles. The van der Waals surface area contributed by atoms with E-state index in [1.807, 2.05) is 59.5 Å². The molecule has 7 rings (SSSR count). The molecule has 4 fully saturated rings. The maximum absolute atomic E-state index is 14.5. The molecular formula is C32H34N4O3. The van der Waals surface area contributed by atoms with E-state index in [0.29, 0.717) is 23.6 Å². The molecule has 7 nitrogen and oxygen atoms in total. The minimum atomic E-state index is -0.713. The van der Waals surface area contributed by atoms with Crippen LogP contribution in [0.15, 0.2) is 77.6 Å². The van der Waals surface area contributed by atoms with Crippen LogP contribution < -0.4 is 5.32 Å². The molecule has 2 amide bonds. The van der Waals surface area contributed by atoms with Gasteiger partial charge in [0, 0.05) is 25.0 Å². The Morgan fingerprint density at radius 2 is 1.87 bits per heavy atom. The fourth-order valence-corrected chi connectivity index (χ4v) is 8.08. The molecular weight excluding hydrogens is 488 g/mol. The second-order valence-corrected chi connectivity index (χ2v) is 11.7. The van der Waals surface area contributed by atoms with Crippen molar-refractivity contribution in [3.05, 3.63) is 95.4 Å². The molecule has 1 saturated carbocycles. The molecule has 4 aliphatic rings. The highest BCUT2D eigenvalue weighted by molar-refractivity contribution is 5.99. The van der Waals surface area contributed by atoms with Gasteiger partial charge in [-0.3, -0.25) is 9.59 Å². The number of fused-ring (bicyclic) bond motifs is 1. The van der Waals surface area contributed by atoms with Gasteiger partial charge in [-0.05, 0) is 60.5 Å². The topological polar surface area (TPSA) is 89.6 Å². The van der Waals surface area contributed by atoms with Crippen LogP contribution in [0.2, 0.25) is 0 Å². The van der Waals surface area contributed by atoms with Crippen LogP contribution in [0.5, 0.6) is 0 Å². The molecule has 3 aliphatic heterocycles. The van der Waals surface area contributed by atoms with Crippen LogP contribution in [-0.2, 0) is 16.9 Å². The SMILES string of the molecule is CC(C)[C@@H]1[C@H]2C[C@H]3CN(C)[C@@H]1[C@@]3(c1ccc(C#N)cc1)N(C(=O)c1ccoc1)[C@@H]2C(=O)NCc1ccccc1. The van der Waals surface area contributed by atoms with Crippen molar-refractivity contribution in [2.24, 2.45) is 23.7 Å². The smallest absolute Gasteiger partial charge is 0.258 e. The molecule has 200 valence electrons. The predicted molar refractivity (Wildman–Crippen MR) is 146 cm³/mol. The third kappa shape index (κ3) is 3.81. The average molecular weight is 523 g/mol. The number of carbonyl (C=O) groups is 2. The molecule has 6 atom stereocenters. The van der Waals surface area contributed by atoms with Crippen molar-refractivity contribution in [3.63, 3.8) is 0 Å². The Kier molecular flexibility index (Phi) is 6.31. The summed E-state index contributed by atoms with van der Waals surface area (Å²) in [6, 6.07) is 20.8. The summed E-state index contributed by atoms with van der Waals surface area (Å²) in [6.45, 7) is 5.72. The number of likely N-dealkylation sites (N-methyl/N-ethyl adjacent to an activating group) is 1. The summed E-state index contributed by atoms with van der Waals surface area (Å²) in [4.78, 5) is 33.0. The summed E-state index contributed by atoms with van der Waals surface area (Å²) in [5.74, 6) is 0.405. The normalized spacial score (nSPS) is 29.4. The third-order valence-electron chi connectivity index (χ3n) is 9.37. The van der Waals surface area contributed by atoms with E-state index in [0.717, 1.165) is 24.1 Å². The van der Waals surface area contributed by atoms with Crippen molar-refractivity contribution in [3.8, 4) is 6.07 Å². The van der Waals surface area contributed by atoms with Crippen LogP contribution in [0, 0.1) is 35.0 Å². The second-order valence-electron chi connectivity index (χ2n) is 11.7. The van der Waals surface area contributed by atoms with Crippen LogP contribution in [0.4, 0.5) is 0 Å². The number of hydrogen-bond donors (Lipinski definition) is 1. The number of piperidine rings is 2. The van der Waals surface area contributed by atoms with Crippen molar-refractivity contribution in [1.29, 1.82) is 5.26 Å². The second kappa shape index (κ2) is 9.69. The van der Waals surface area contributed by atoms with Crippen molar-refractivity contribution in [1.82, 2.24) is 15.1 Å². The number of nitriles is 1. The Morgan fingerprint density at radius 1 is 1.13 bits per heavy atom. The maximum atomic E-state index is 14.5. The van der Waals surface area contributed by atoms with Gasteiger partial charge < -0.3 is 19.5 Å². The average Bonchev–Trinajstić information content (AvgIpc) is 3.56. The molecule has 7 heteroatoms. The van der Waals surface area contributed by atoms with Gasteiger partial charge in [0.1, 0.15) is 12.3 Å². The molecule has 1 N–H and O–H groups in total. The van der Waals surface area contributed by atoms with E-state index in [1.165, 1.54) is 12.5 Å². The van der Waals surface area contributed by atoms with E-state index in [1.54, 1.807) is 6.07 Å². The van der Waals surface area contributed by atoms with Gasteiger partial charge in [-0.15, -0.1) is 0 Å². The zero-order valence-electron chi connectivity index (χ0n) is 22.6. The summed E-state index contributed by atoms with van der Waals surface area (Å²) >= 11 is 0. The summed E-state index contributed by atoms with van der Waals surface area (Å²) in [7, 11) is 2.15. The Labute approximate surface area is 229 Å². The van der Waals surface area contributed by atoms with Crippen molar-refractivity contribution < 1.29 is 14.0 Å². The van der Waals surface area contributed by atoms with Gasteiger partial charge in [0.25, 0.3) is 5.91 Å². The summed E-state index contributed by atoms with van der Waals surface area (Å²) in [5, 5.41) is 12.7. The standard InChI is InChI=1S/C32H34N4O3/c1-20(2)27-26-15-25-18-35(3)29(27)32(25,24-11-9-21(16-33)10-12-24)36(31(38)23-13-14-39-19-23)28(26)30(37)34-17-22-7-5-4-6-8-22/h4-14,19-20,25-29H,15,17-18H2,1-3H3,(H,34,37)/t25-,26+,27+,28-,29-,32-/m0/s1. The van der Waals surface area contributed by atoms with Crippen LogP contribution in [0.3, 0.4) is 0 Å². The third-order valence-corrected chi connectivity index (χ3v) is 9.37. The zero-order chi connectivity index (χ0) is 27.3. The monoisotopic (exact) mass is 522 g/mol. The Balaban J connectivity index is 1.52. The van der Waals surface area contributed by atoms with Crippen LogP contribution in [-0.4, -0.2) is 47.3 Å². The van der Waals surface area contributed by atoms with Gasteiger partial charge in [0.15, 0.2) is 0 Å². The minimum absolute atomic E-state index is 0.0248. The Hall–Kier alpha value is -3.89. The van der Waals surface area contributed by atoms with E-state index >= 15 is 0 Å². The highest BCUT2D eigenvalue weighted by Crippen LogP contribution is 2.64. The van der Waals surface area contributed by atoms with Crippen LogP contribution in [0.1, 0.15) is 47.3 Å². The Bertz CT molecular complexity index is 1400. The quantitative estimate of drug-likeness (QED) is 0.518. The lowest BCUT2D eigenvalue weighted by Crippen LogP contribution is -2.77. The number of hydrogen-bond acceptors (Lipinski definition) is 5. The first-order chi connectivity index (χ1) is 18.9. The van der Waals surface area contributed by atoms with Gasteiger partial charge in [0.2, 0.25) is 5.91 Å². The fourth-order valence-electron chi connectivity index (χ4n) is 8.08. The van der Waals surface area contributed by atoms with Crippen LogP contribution in [0.25, 0.3) is 0 Å². The van der Waals surface area contributed by atoms with Gasteiger partial charge in [-0.25, -0.2) is 0 Å². The molecule has 3 saturated heterocycles. The van der Waals surface area contributed by atoms with E-state index in [2.05, 4.69) is 37.2 Å². The number of amides is 2. The number of carbonyl (C=O) groups excluding carboxylic acids is 2. The fraction of sp³-hybridized carbons (Fsp3) is 0.406. The van der Waals surface area contributed by atoms with E-state index in [9.17, 15) is 14.9 Å². The number of benzene rings is 2. The molecule has 4 heterocycles. The van der Waals surface area contributed by atoms with Crippen molar-refractivity contribution >= 4 is 11.8 Å². The molecule has 1 aliphatic carbocycles. The number of rotatable bonds is 6. The lowest BCUT2D eigenvalue weighted by atomic mass is 9.51. The summed E-state index contributed by atoms with van der Waals surface area (Å²) < 4.78 is 5.33. The molecule has 39 heavy (non-hydrogen) atoms. The van der Waals surface area contributed by atoms with Crippen molar-refractivity contribution in [2.75, 3.05) is 13.6 Å². The van der Waals surface area contributed by atoms with Gasteiger partial charge in [0.05, 0.1) is 29.0 Å². The lowest BCUT2D eigenvalue weighted by molar-refractivity contribution is -0.163.